The van der Waals surface area contributed by atoms with E-state index in [1.165, 1.54) is 0 Å². The maximum atomic E-state index is 12.8. The number of carbonyl (C=O) groups excluding carboxylic acids is 1. The summed E-state index contributed by atoms with van der Waals surface area (Å²) in [5.41, 5.74) is 4.98. The predicted octanol–water partition coefficient (Wildman–Crippen LogP) is 4.62. The number of hydrogen-bond donors (Lipinski definition) is 1. The molecule has 3 aromatic rings. The van der Waals surface area contributed by atoms with E-state index in [2.05, 4.69) is 26.7 Å². The van der Waals surface area contributed by atoms with Crippen LogP contribution in [-0.2, 0) is 16.1 Å². The van der Waals surface area contributed by atoms with E-state index in [0.29, 0.717) is 11.4 Å². The minimum Gasteiger partial charge on any atom is -0.376 e. The van der Waals surface area contributed by atoms with Crippen molar-refractivity contribution in [2.24, 2.45) is 0 Å². The summed E-state index contributed by atoms with van der Waals surface area (Å²) in [6.07, 6.45) is 5.70. The first-order chi connectivity index (χ1) is 16.5. The van der Waals surface area contributed by atoms with E-state index < -0.39 is 5.91 Å². The van der Waals surface area contributed by atoms with Crippen LogP contribution in [0.3, 0.4) is 0 Å². The number of nitrogens with one attached hydrogen (secondary N) is 1. The Labute approximate surface area is 199 Å². The summed E-state index contributed by atoms with van der Waals surface area (Å²) in [7, 11) is 0. The van der Waals surface area contributed by atoms with Crippen molar-refractivity contribution < 1.29 is 9.53 Å². The lowest BCUT2D eigenvalue weighted by atomic mass is 10.1. The second kappa shape index (κ2) is 10.7. The molecule has 6 heteroatoms. The largest absolute Gasteiger partial charge is 0.376 e. The van der Waals surface area contributed by atoms with E-state index in [9.17, 15) is 10.1 Å². The topological polar surface area (TPSA) is 79.9 Å². The molecule has 0 saturated carbocycles. The zero-order valence-corrected chi connectivity index (χ0v) is 19.3. The zero-order chi connectivity index (χ0) is 23.9. The zero-order valence-electron chi connectivity index (χ0n) is 19.3. The lowest BCUT2D eigenvalue weighted by molar-refractivity contribution is -0.112. The first-order valence-corrected chi connectivity index (χ1v) is 11.3. The van der Waals surface area contributed by atoms with Crippen molar-refractivity contribution in [3.8, 4) is 17.9 Å². The van der Waals surface area contributed by atoms with Gasteiger partial charge >= 0.3 is 0 Å². The molecule has 1 aromatic carbocycles. The number of aryl methyl sites for hydroxylation is 1. The van der Waals surface area contributed by atoms with Crippen LogP contribution in [0.15, 0.2) is 60.3 Å². The highest BCUT2D eigenvalue weighted by molar-refractivity contribution is 6.09. The monoisotopic (exact) mass is 450 g/mol. The smallest absolute Gasteiger partial charge is 0.266 e. The van der Waals surface area contributed by atoms with E-state index in [1.54, 1.807) is 24.4 Å². The number of anilines is 1. The van der Waals surface area contributed by atoms with Gasteiger partial charge < -0.3 is 14.6 Å². The fourth-order valence-electron chi connectivity index (χ4n) is 4.00. The van der Waals surface area contributed by atoms with Crippen LogP contribution in [0.1, 0.15) is 41.1 Å². The van der Waals surface area contributed by atoms with Crippen LogP contribution in [0.2, 0.25) is 0 Å². The van der Waals surface area contributed by atoms with Crippen LogP contribution in [0.25, 0.3) is 6.08 Å². The first-order valence-electron chi connectivity index (χ1n) is 11.3. The number of carbonyl (C=O) groups is 1. The van der Waals surface area contributed by atoms with Gasteiger partial charge in [0.25, 0.3) is 5.91 Å². The third kappa shape index (κ3) is 5.61. The van der Waals surface area contributed by atoms with Crippen LogP contribution in [0.5, 0.6) is 0 Å². The fourth-order valence-corrected chi connectivity index (χ4v) is 4.00. The number of pyridine rings is 1. The minimum atomic E-state index is -0.457. The molecule has 1 aliphatic rings. The van der Waals surface area contributed by atoms with Gasteiger partial charge in [0.15, 0.2) is 0 Å². The van der Waals surface area contributed by atoms with Gasteiger partial charge in [-0.3, -0.25) is 4.79 Å². The van der Waals surface area contributed by atoms with E-state index >= 15 is 0 Å². The lowest BCUT2D eigenvalue weighted by Crippen LogP contribution is -2.17. The molecule has 1 saturated heterocycles. The van der Waals surface area contributed by atoms with E-state index in [0.717, 1.165) is 48.5 Å². The second-order valence-electron chi connectivity index (χ2n) is 8.24. The third-order valence-electron chi connectivity index (χ3n) is 5.81. The average Bonchev–Trinajstić information content (AvgIpc) is 3.46. The fraction of sp³-hybridized carbons (Fsp3) is 0.250. The summed E-state index contributed by atoms with van der Waals surface area (Å²) in [5.74, 6) is 5.59. The molecule has 0 radical (unpaired) electrons. The van der Waals surface area contributed by atoms with Gasteiger partial charge in [0.2, 0.25) is 0 Å². The number of benzene rings is 1. The highest BCUT2D eigenvalue weighted by Crippen LogP contribution is 2.22. The first kappa shape index (κ1) is 23.0. The van der Waals surface area contributed by atoms with Crippen LogP contribution in [-0.4, -0.2) is 28.2 Å². The van der Waals surface area contributed by atoms with Crippen molar-refractivity contribution in [3.63, 3.8) is 0 Å². The molecular weight excluding hydrogens is 424 g/mol. The summed E-state index contributed by atoms with van der Waals surface area (Å²) in [6.45, 7) is 5.63. The van der Waals surface area contributed by atoms with Crippen molar-refractivity contribution in [1.82, 2.24) is 9.55 Å². The molecule has 1 unspecified atom stereocenters. The van der Waals surface area contributed by atoms with Crippen LogP contribution < -0.4 is 5.32 Å². The SMILES string of the molecule is Cc1cc(/C=C(\C#N)C(=O)Nc2cccc(C#Cc3ccccn3)c2)c(C)n1CC1CCCO1. The second-order valence-corrected chi connectivity index (χ2v) is 8.24. The van der Waals surface area contributed by atoms with Gasteiger partial charge in [-0.2, -0.15) is 5.26 Å². The normalized spacial score (nSPS) is 15.3. The Hall–Kier alpha value is -4.13. The average molecular weight is 451 g/mol. The summed E-state index contributed by atoms with van der Waals surface area (Å²) in [4.78, 5) is 17.0. The molecule has 1 aliphatic heterocycles. The van der Waals surface area contributed by atoms with Gasteiger partial charge in [0.1, 0.15) is 17.3 Å². The van der Waals surface area contributed by atoms with Gasteiger partial charge in [-0.05, 0) is 80.6 Å². The Morgan fingerprint density at radius 3 is 2.85 bits per heavy atom. The maximum Gasteiger partial charge on any atom is 0.266 e. The third-order valence-corrected chi connectivity index (χ3v) is 5.81. The quantitative estimate of drug-likeness (QED) is 0.349. The molecule has 1 N–H and O–H groups in total. The van der Waals surface area contributed by atoms with E-state index in [4.69, 9.17) is 4.74 Å². The Morgan fingerprint density at radius 1 is 1.24 bits per heavy atom. The number of amides is 1. The Bertz CT molecular complexity index is 1310. The van der Waals surface area contributed by atoms with E-state index in [-0.39, 0.29) is 11.7 Å². The number of aromatic nitrogens is 2. The molecule has 0 bridgehead atoms. The molecule has 3 heterocycles. The van der Waals surface area contributed by atoms with E-state index in [1.807, 2.05) is 56.3 Å². The number of nitrogens with zero attached hydrogens (tertiary/aromatic N) is 3. The molecule has 1 atom stereocenters. The molecule has 0 spiro atoms. The van der Waals surface area contributed by atoms with Crippen molar-refractivity contribution in [3.05, 3.63) is 88.5 Å². The van der Waals surface area contributed by atoms with Crippen LogP contribution >= 0.6 is 0 Å². The van der Waals surface area contributed by atoms with Crippen LogP contribution in [0.4, 0.5) is 5.69 Å². The van der Waals surface area contributed by atoms with Crippen molar-refractivity contribution in [2.75, 3.05) is 11.9 Å². The summed E-state index contributed by atoms with van der Waals surface area (Å²) < 4.78 is 7.96. The maximum absolute atomic E-state index is 12.8. The standard InChI is InChI=1S/C28H26N4O2/c1-20-15-23(21(2)32(20)19-27-10-6-14-34-27)17-24(18-29)28(33)31-26-9-5-7-22(16-26)11-12-25-8-3-4-13-30-25/h3-5,7-9,13,15-17,27H,6,10,14,19H2,1-2H3,(H,31,33)/b24-17+. The predicted molar refractivity (Wildman–Crippen MR) is 132 cm³/mol. The van der Waals surface area contributed by atoms with Gasteiger partial charge in [-0.25, -0.2) is 4.98 Å². The molecule has 170 valence electrons. The highest BCUT2D eigenvalue weighted by Gasteiger charge is 2.19. The lowest BCUT2D eigenvalue weighted by Gasteiger charge is -2.14. The molecule has 2 aromatic heterocycles. The van der Waals surface area contributed by atoms with Gasteiger partial charge in [0, 0.05) is 42.0 Å². The molecule has 6 nitrogen and oxygen atoms in total. The Morgan fingerprint density at radius 2 is 2.12 bits per heavy atom. The Kier molecular flexibility index (Phi) is 7.22. The molecule has 4 rings (SSSR count). The minimum absolute atomic E-state index is 0.0438. The van der Waals surface area contributed by atoms with Gasteiger partial charge in [-0.15, -0.1) is 0 Å². The summed E-state index contributed by atoms with van der Waals surface area (Å²) in [6, 6.07) is 16.8. The Balaban J connectivity index is 1.49. The van der Waals surface area contributed by atoms with Gasteiger partial charge in [-0.1, -0.05) is 18.1 Å². The van der Waals surface area contributed by atoms with Crippen LogP contribution in [0, 0.1) is 37.0 Å². The van der Waals surface area contributed by atoms with Crippen molar-refractivity contribution in [1.29, 1.82) is 5.26 Å². The van der Waals surface area contributed by atoms with Crippen molar-refractivity contribution >= 4 is 17.7 Å². The summed E-state index contributed by atoms with van der Waals surface area (Å²) in [5, 5.41) is 12.5. The number of nitriles is 1. The highest BCUT2D eigenvalue weighted by atomic mass is 16.5. The summed E-state index contributed by atoms with van der Waals surface area (Å²) >= 11 is 0. The number of ether oxygens (including phenoxy) is 1. The molecule has 1 fully saturated rings. The number of rotatable bonds is 5. The van der Waals surface area contributed by atoms with Crippen molar-refractivity contribution in [2.45, 2.75) is 39.3 Å². The number of hydrogen-bond acceptors (Lipinski definition) is 4. The molecule has 1 amide bonds. The van der Waals surface area contributed by atoms with Gasteiger partial charge in [0.05, 0.1) is 6.10 Å². The molecule has 0 aliphatic carbocycles. The molecular formula is C28H26N4O2. The molecule has 34 heavy (non-hydrogen) atoms.